The van der Waals surface area contributed by atoms with Crippen LogP contribution in [0.15, 0.2) is 42.5 Å². The number of fused-ring (bicyclic) bond motifs is 1. The molecule has 2 unspecified atom stereocenters. The lowest BCUT2D eigenvalue weighted by Gasteiger charge is -2.29. The molecular formula is C18H18BrFO. The summed E-state index contributed by atoms with van der Waals surface area (Å²) in [5.41, 5.74) is 3.45. The Kier molecular flexibility index (Phi) is 4.29. The number of benzene rings is 2. The van der Waals surface area contributed by atoms with Crippen molar-refractivity contribution in [3.05, 3.63) is 65.0 Å². The van der Waals surface area contributed by atoms with E-state index < -0.39 is 0 Å². The molecule has 0 amide bonds. The Morgan fingerprint density at radius 3 is 2.81 bits per heavy atom. The van der Waals surface area contributed by atoms with Crippen molar-refractivity contribution in [1.29, 1.82) is 0 Å². The Morgan fingerprint density at radius 2 is 2.05 bits per heavy atom. The van der Waals surface area contributed by atoms with E-state index in [4.69, 9.17) is 4.74 Å². The second-order valence-electron chi connectivity index (χ2n) is 5.49. The molecule has 0 aromatic heterocycles. The standard InChI is InChI=1S/C18H18BrFO/c1-21-13-9-10-16(17(20)11-13)18(19)15-8-4-6-12-5-2-3-7-14(12)15/h2-3,5,7,9-11,15,18H,4,6,8H2,1H3. The molecule has 110 valence electrons. The van der Waals surface area contributed by atoms with E-state index in [1.165, 1.54) is 17.2 Å². The van der Waals surface area contributed by atoms with Gasteiger partial charge in [0, 0.05) is 22.4 Å². The highest BCUT2D eigenvalue weighted by Crippen LogP contribution is 2.45. The highest BCUT2D eigenvalue weighted by Gasteiger charge is 2.28. The van der Waals surface area contributed by atoms with Crippen LogP contribution >= 0.6 is 15.9 Å². The number of ether oxygens (including phenoxy) is 1. The Balaban J connectivity index is 1.94. The molecule has 0 spiro atoms. The molecule has 0 bridgehead atoms. The van der Waals surface area contributed by atoms with Crippen molar-refractivity contribution in [3.8, 4) is 5.75 Å². The van der Waals surface area contributed by atoms with Crippen LogP contribution in [0.2, 0.25) is 0 Å². The van der Waals surface area contributed by atoms with Gasteiger partial charge in [0.1, 0.15) is 11.6 Å². The zero-order chi connectivity index (χ0) is 14.8. The zero-order valence-electron chi connectivity index (χ0n) is 12.0. The summed E-state index contributed by atoms with van der Waals surface area (Å²) in [5.74, 6) is 0.664. The predicted octanol–water partition coefficient (Wildman–Crippen LogP) is 5.39. The molecule has 3 heteroatoms. The molecule has 2 aromatic rings. The monoisotopic (exact) mass is 348 g/mol. The third kappa shape index (κ3) is 2.84. The zero-order valence-corrected chi connectivity index (χ0v) is 13.6. The average molecular weight is 349 g/mol. The molecule has 0 fully saturated rings. The van der Waals surface area contributed by atoms with E-state index in [-0.39, 0.29) is 10.6 Å². The number of rotatable bonds is 3. The number of methoxy groups -OCH3 is 1. The molecule has 21 heavy (non-hydrogen) atoms. The van der Waals surface area contributed by atoms with Crippen LogP contribution < -0.4 is 4.74 Å². The average Bonchev–Trinajstić information content (AvgIpc) is 2.53. The summed E-state index contributed by atoms with van der Waals surface area (Å²) in [6, 6.07) is 13.6. The normalized spacial score (nSPS) is 18.9. The summed E-state index contributed by atoms with van der Waals surface area (Å²) >= 11 is 3.73. The van der Waals surface area contributed by atoms with Crippen LogP contribution in [0.3, 0.4) is 0 Å². The quantitative estimate of drug-likeness (QED) is 0.675. The first-order valence-electron chi connectivity index (χ1n) is 7.26. The minimum atomic E-state index is -0.209. The lowest BCUT2D eigenvalue weighted by Crippen LogP contribution is -2.14. The lowest BCUT2D eigenvalue weighted by atomic mass is 9.79. The number of hydrogen-bond acceptors (Lipinski definition) is 1. The first-order valence-corrected chi connectivity index (χ1v) is 8.17. The SMILES string of the molecule is COc1ccc(C(Br)C2CCCc3ccccc32)c(F)c1. The molecule has 2 aromatic carbocycles. The first kappa shape index (κ1) is 14.6. The van der Waals surface area contributed by atoms with Crippen molar-refractivity contribution < 1.29 is 9.13 Å². The lowest BCUT2D eigenvalue weighted by molar-refractivity contribution is 0.410. The molecule has 0 aliphatic heterocycles. The van der Waals surface area contributed by atoms with Crippen molar-refractivity contribution in [3.63, 3.8) is 0 Å². The highest BCUT2D eigenvalue weighted by atomic mass is 79.9. The fourth-order valence-corrected chi connectivity index (χ4v) is 4.09. The molecule has 1 aliphatic rings. The summed E-state index contributed by atoms with van der Waals surface area (Å²) in [6.45, 7) is 0. The van der Waals surface area contributed by atoms with Crippen LogP contribution in [0.5, 0.6) is 5.75 Å². The van der Waals surface area contributed by atoms with Gasteiger partial charge in [-0.2, -0.15) is 0 Å². The molecular weight excluding hydrogens is 331 g/mol. The molecule has 3 rings (SSSR count). The molecule has 1 nitrogen and oxygen atoms in total. The fourth-order valence-electron chi connectivity index (χ4n) is 3.17. The van der Waals surface area contributed by atoms with Crippen LogP contribution in [-0.2, 0) is 6.42 Å². The summed E-state index contributed by atoms with van der Waals surface area (Å²) in [6.07, 6.45) is 3.36. The summed E-state index contributed by atoms with van der Waals surface area (Å²) in [7, 11) is 1.55. The van der Waals surface area contributed by atoms with E-state index in [0.717, 1.165) is 19.3 Å². The molecule has 0 N–H and O–H groups in total. The Hall–Kier alpha value is -1.35. The maximum Gasteiger partial charge on any atom is 0.131 e. The molecule has 1 aliphatic carbocycles. The summed E-state index contributed by atoms with van der Waals surface area (Å²) < 4.78 is 19.4. The van der Waals surface area contributed by atoms with E-state index in [2.05, 4.69) is 40.2 Å². The van der Waals surface area contributed by atoms with Crippen molar-refractivity contribution >= 4 is 15.9 Å². The number of alkyl halides is 1. The predicted molar refractivity (Wildman–Crippen MR) is 86.7 cm³/mol. The van der Waals surface area contributed by atoms with Gasteiger partial charge in [0.05, 0.1) is 7.11 Å². The Bertz CT molecular complexity index is 641. The largest absolute Gasteiger partial charge is 0.497 e. The van der Waals surface area contributed by atoms with E-state index in [1.807, 2.05) is 12.1 Å². The maximum atomic E-state index is 14.3. The van der Waals surface area contributed by atoms with Crippen molar-refractivity contribution in [2.75, 3.05) is 7.11 Å². The smallest absolute Gasteiger partial charge is 0.131 e. The van der Waals surface area contributed by atoms with Gasteiger partial charge in [-0.3, -0.25) is 0 Å². The van der Waals surface area contributed by atoms with E-state index in [1.54, 1.807) is 7.11 Å². The molecule has 0 saturated heterocycles. The molecule has 2 atom stereocenters. The van der Waals surface area contributed by atoms with Gasteiger partial charge >= 0.3 is 0 Å². The first-order chi connectivity index (χ1) is 10.2. The van der Waals surface area contributed by atoms with Gasteiger partial charge in [-0.05, 0) is 36.5 Å². The van der Waals surface area contributed by atoms with Crippen molar-refractivity contribution in [1.82, 2.24) is 0 Å². The van der Waals surface area contributed by atoms with Crippen LogP contribution in [0.25, 0.3) is 0 Å². The Morgan fingerprint density at radius 1 is 1.24 bits per heavy atom. The van der Waals surface area contributed by atoms with Gasteiger partial charge in [0.15, 0.2) is 0 Å². The molecule has 0 heterocycles. The van der Waals surface area contributed by atoms with E-state index in [9.17, 15) is 4.39 Å². The van der Waals surface area contributed by atoms with Gasteiger partial charge in [-0.1, -0.05) is 46.3 Å². The minimum Gasteiger partial charge on any atom is -0.497 e. The number of aryl methyl sites for hydroxylation is 1. The van der Waals surface area contributed by atoms with Crippen molar-refractivity contribution in [2.45, 2.75) is 30.0 Å². The van der Waals surface area contributed by atoms with Gasteiger partial charge < -0.3 is 4.74 Å². The Labute approximate surface area is 133 Å². The van der Waals surface area contributed by atoms with Gasteiger partial charge in [-0.25, -0.2) is 4.39 Å². The van der Waals surface area contributed by atoms with Crippen LogP contribution in [0.4, 0.5) is 4.39 Å². The fraction of sp³-hybridized carbons (Fsp3) is 0.333. The van der Waals surface area contributed by atoms with Gasteiger partial charge in [0.25, 0.3) is 0 Å². The number of hydrogen-bond donors (Lipinski definition) is 0. The highest BCUT2D eigenvalue weighted by molar-refractivity contribution is 9.09. The second-order valence-corrected chi connectivity index (χ2v) is 6.47. The van der Waals surface area contributed by atoms with Crippen LogP contribution in [0, 0.1) is 5.82 Å². The maximum absolute atomic E-state index is 14.3. The van der Waals surface area contributed by atoms with E-state index in [0.29, 0.717) is 17.2 Å². The van der Waals surface area contributed by atoms with Crippen molar-refractivity contribution in [2.24, 2.45) is 0 Å². The number of halogens is 2. The third-order valence-corrected chi connectivity index (χ3v) is 5.41. The second kappa shape index (κ2) is 6.18. The summed E-state index contributed by atoms with van der Waals surface area (Å²) in [5, 5.41) is 0. The van der Waals surface area contributed by atoms with Crippen LogP contribution in [0.1, 0.15) is 40.3 Å². The van der Waals surface area contributed by atoms with E-state index >= 15 is 0 Å². The topological polar surface area (TPSA) is 9.23 Å². The minimum absolute atomic E-state index is 0.00939. The molecule has 0 radical (unpaired) electrons. The van der Waals surface area contributed by atoms with Gasteiger partial charge in [-0.15, -0.1) is 0 Å². The summed E-state index contributed by atoms with van der Waals surface area (Å²) in [4.78, 5) is -0.00939. The molecule has 0 saturated carbocycles. The van der Waals surface area contributed by atoms with Gasteiger partial charge in [0.2, 0.25) is 0 Å². The third-order valence-electron chi connectivity index (χ3n) is 4.27. The van der Waals surface area contributed by atoms with Crippen LogP contribution in [-0.4, -0.2) is 7.11 Å².